The van der Waals surface area contributed by atoms with Crippen LogP contribution >= 0.6 is 34.8 Å². The number of para-hydroxylation sites is 1. The van der Waals surface area contributed by atoms with Crippen LogP contribution in [0.5, 0.6) is 0 Å². The van der Waals surface area contributed by atoms with E-state index in [0.717, 1.165) is 5.56 Å². The molecule has 1 aliphatic rings. The lowest BCUT2D eigenvalue weighted by Crippen LogP contribution is -2.48. The van der Waals surface area contributed by atoms with Crippen LogP contribution in [0, 0.1) is 0 Å². The van der Waals surface area contributed by atoms with Gasteiger partial charge in [-0.1, -0.05) is 53.0 Å². The fraction of sp³-hybridized carbons (Fsp3) is 0.364. The van der Waals surface area contributed by atoms with Crippen LogP contribution in [0.1, 0.15) is 11.6 Å². The number of hydrogen-bond acceptors (Lipinski definition) is 4. The van der Waals surface area contributed by atoms with Gasteiger partial charge in [0.1, 0.15) is 12.8 Å². The summed E-state index contributed by atoms with van der Waals surface area (Å²) < 4.78 is 3.26. The molecular weight excluding hydrogens is 312 g/mol. The number of alkyl halides is 3. The Hall–Kier alpha value is -0.720. The number of fused-ring (bicyclic) bond motifs is 1. The van der Waals surface area contributed by atoms with E-state index in [-0.39, 0.29) is 6.61 Å². The van der Waals surface area contributed by atoms with Crippen LogP contribution in [-0.2, 0) is 4.74 Å². The molecule has 1 aromatic rings. The van der Waals surface area contributed by atoms with E-state index in [9.17, 15) is 4.79 Å². The number of anilines is 1. The van der Waals surface area contributed by atoms with Crippen molar-refractivity contribution in [3.8, 4) is 0 Å². The van der Waals surface area contributed by atoms with Crippen molar-refractivity contribution in [1.29, 1.82) is 0 Å². The molecule has 0 saturated carbocycles. The van der Waals surface area contributed by atoms with Crippen LogP contribution in [0.25, 0.3) is 0 Å². The molecular formula is C11H12Cl3N3O2. The topological polar surface area (TPSA) is 81.6 Å². The third-order valence-corrected chi connectivity index (χ3v) is 3.10. The minimum Gasteiger partial charge on any atom is -0.445 e. The Labute approximate surface area is 125 Å². The molecule has 2 rings (SSSR count). The zero-order chi connectivity index (χ0) is 14.2. The number of benzene rings is 1. The molecule has 4 N–H and O–H groups in total. The van der Waals surface area contributed by atoms with E-state index in [2.05, 4.69) is 0 Å². The van der Waals surface area contributed by atoms with Gasteiger partial charge in [0.25, 0.3) is 0 Å². The molecule has 0 fully saturated rings. The number of amides is 1. The highest BCUT2D eigenvalue weighted by Crippen LogP contribution is 2.36. The van der Waals surface area contributed by atoms with Crippen LogP contribution < -0.4 is 16.4 Å². The van der Waals surface area contributed by atoms with Crippen molar-refractivity contribution in [2.24, 2.45) is 11.5 Å². The third kappa shape index (κ3) is 3.07. The van der Waals surface area contributed by atoms with Gasteiger partial charge in [-0.25, -0.2) is 4.79 Å². The Bertz CT molecular complexity index is 492. The molecule has 0 aromatic heterocycles. The first kappa shape index (κ1) is 14.7. The molecule has 2 atom stereocenters. The second-order valence-corrected chi connectivity index (χ2v) is 6.63. The Morgan fingerprint density at radius 1 is 1.32 bits per heavy atom. The lowest BCUT2D eigenvalue weighted by atomic mass is 10.1. The molecule has 8 heteroatoms. The molecule has 1 amide bonds. The fourth-order valence-electron chi connectivity index (χ4n) is 1.93. The maximum atomic E-state index is 12.0. The standard InChI is InChI=1S/C11H12Cl3N3O2/c12-11(13,14)5-19-10(18)17-7-4-2-1-3-6(7)8(15)9(17)16/h1-4,8-9H,5,15-16H2/t8-,9-/m0/s1. The maximum Gasteiger partial charge on any atom is 0.415 e. The smallest absolute Gasteiger partial charge is 0.415 e. The highest BCUT2D eigenvalue weighted by molar-refractivity contribution is 6.67. The van der Waals surface area contributed by atoms with Crippen molar-refractivity contribution in [2.45, 2.75) is 16.0 Å². The quantitative estimate of drug-likeness (QED) is 0.777. The summed E-state index contributed by atoms with van der Waals surface area (Å²) in [6, 6.07) is 6.66. The van der Waals surface area contributed by atoms with Gasteiger partial charge >= 0.3 is 6.09 Å². The van der Waals surface area contributed by atoms with E-state index < -0.39 is 22.1 Å². The molecule has 0 saturated heterocycles. The molecule has 1 heterocycles. The third-order valence-electron chi connectivity index (χ3n) is 2.78. The van der Waals surface area contributed by atoms with Crippen molar-refractivity contribution >= 4 is 46.6 Å². The molecule has 104 valence electrons. The van der Waals surface area contributed by atoms with Gasteiger partial charge < -0.3 is 16.2 Å². The number of nitrogens with zero attached hydrogens (tertiary/aromatic N) is 1. The van der Waals surface area contributed by atoms with Crippen molar-refractivity contribution in [1.82, 2.24) is 0 Å². The molecule has 1 aromatic carbocycles. The molecule has 0 aliphatic carbocycles. The van der Waals surface area contributed by atoms with Crippen LogP contribution in [-0.4, -0.2) is 22.7 Å². The Kier molecular flexibility index (Phi) is 4.13. The summed E-state index contributed by atoms with van der Waals surface area (Å²) in [6.45, 7) is -0.364. The number of carbonyl (C=O) groups is 1. The van der Waals surface area contributed by atoms with E-state index in [0.29, 0.717) is 5.69 Å². The SMILES string of the molecule is N[C@@H]1[C@@H](N)c2ccccc2N1C(=O)OCC(Cl)(Cl)Cl. The monoisotopic (exact) mass is 323 g/mol. The predicted octanol–water partition coefficient (Wildman–Crippen LogP) is 2.30. The van der Waals surface area contributed by atoms with Crippen molar-refractivity contribution < 1.29 is 9.53 Å². The van der Waals surface area contributed by atoms with Crippen LogP contribution in [0.3, 0.4) is 0 Å². The zero-order valence-electron chi connectivity index (χ0n) is 9.72. The number of halogens is 3. The highest BCUT2D eigenvalue weighted by Gasteiger charge is 2.39. The van der Waals surface area contributed by atoms with E-state index in [1.807, 2.05) is 12.1 Å². The Balaban J connectivity index is 2.19. The van der Waals surface area contributed by atoms with Crippen molar-refractivity contribution in [3.63, 3.8) is 0 Å². The first-order chi connectivity index (χ1) is 8.81. The Morgan fingerprint density at radius 3 is 2.58 bits per heavy atom. The number of ether oxygens (including phenoxy) is 1. The summed E-state index contributed by atoms with van der Waals surface area (Å²) >= 11 is 16.6. The summed E-state index contributed by atoms with van der Waals surface area (Å²) in [5.41, 5.74) is 13.2. The molecule has 0 spiro atoms. The van der Waals surface area contributed by atoms with Gasteiger partial charge in [0.15, 0.2) is 0 Å². The van der Waals surface area contributed by atoms with E-state index in [1.54, 1.807) is 12.1 Å². The summed E-state index contributed by atoms with van der Waals surface area (Å²) in [6.07, 6.45) is -1.40. The lowest BCUT2D eigenvalue weighted by Gasteiger charge is -2.24. The van der Waals surface area contributed by atoms with Gasteiger partial charge in [-0.3, -0.25) is 4.90 Å². The van der Waals surface area contributed by atoms with E-state index in [1.165, 1.54) is 4.90 Å². The van der Waals surface area contributed by atoms with Crippen molar-refractivity contribution in [3.05, 3.63) is 29.8 Å². The van der Waals surface area contributed by atoms with E-state index >= 15 is 0 Å². The van der Waals surface area contributed by atoms with Gasteiger partial charge in [0.05, 0.1) is 11.7 Å². The van der Waals surface area contributed by atoms with Gasteiger partial charge in [0.2, 0.25) is 3.79 Å². The summed E-state index contributed by atoms with van der Waals surface area (Å²) in [4.78, 5) is 13.3. The van der Waals surface area contributed by atoms with Crippen molar-refractivity contribution in [2.75, 3.05) is 11.5 Å². The minimum absolute atomic E-state index is 0.364. The van der Waals surface area contributed by atoms with Gasteiger partial charge in [-0.15, -0.1) is 0 Å². The first-order valence-corrected chi connectivity index (χ1v) is 6.57. The molecule has 5 nitrogen and oxygen atoms in total. The van der Waals surface area contributed by atoms with Gasteiger partial charge in [-0.2, -0.15) is 0 Å². The van der Waals surface area contributed by atoms with Crippen LogP contribution in [0.4, 0.5) is 10.5 Å². The molecule has 0 bridgehead atoms. The molecule has 0 unspecified atom stereocenters. The largest absolute Gasteiger partial charge is 0.445 e. The minimum atomic E-state index is -1.67. The highest BCUT2D eigenvalue weighted by atomic mass is 35.6. The lowest BCUT2D eigenvalue weighted by molar-refractivity contribution is 0.153. The van der Waals surface area contributed by atoms with Gasteiger partial charge in [-0.05, 0) is 11.6 Å². The second-order valence-electron chi connectivity index (χ2n) is 4.11. The van der Waals surface area contributed by atoms with Crippen LogP contribution in [0.15, 0.2) is 24.3 Å². The number of rotatable bonds is 1. The predicted molar refractivity (Wildman–Crippen MR) is 75.5 cm³/mol. The molecule has 1 aliphatic heterocycles. The normalized spacial score (nSPS) is 22.3. The first-order valence-electron chi connectivity index (χ1n) is 5.44. The summed E-state index contributed by atoms with van der Waals surface area (Å²) in [7, 11) is 0. The number of carbonyl (C=O) groups excluding carboxylic acids is 1. The fourth-order valence-corrected chi connectivity index (χ4v) is 2.09. The summed E-state index contributed by atoms with van der Waals surface area (Å²) in [5.74, 6) is 0. The summed E-state index contributed by atoms with van der Waals surface area (Å²) in [5, 5.41) is 0. The maximum absolute atomic E-state index is 12.0. The number of hydrogen-bond donors (Lipinski definition) is 2. The Morgan fingerprint density at radius 2 is 1.95 bits per heavy atom. The second kappa shape index (κ2) is 5.34. The van der Waals surface area contributed by atoms with Crippen LogP contribution in [0.2, 0.25) is 0 Å². The van der Waals surface area contributed by atoms with Gasteiger partial charge in [0, 0.05) is 0 Å². The molecule has 0 radical (unpaired) electrons. The zero-order valence-corrected chi connectivity index (χ0v) is 12.0. The number of nitrogens with two attached hydrogens (primary N) is 2. The molecule has 19 heavy (non-hydrogen) atoms. The average Bonchev–Trinajstić information content (AvgIpc) is 2.59. The average molecular weight is 325 g/mol. The van der Waals surface area contributed by atoms with E-state index in [4.69, 9.17) is 51.0 Å².